The van der Waals surface area contributed by atoms with E-state index < -0.39 is 5.97 Å². The first kappa shape index (κ1) is 16.8. The molecule has 1 aromatic carbocycles. The molecule has 0 N–H and O–H groups in total. The van der Waals surface area contributed by atoms with Crippen LogP contribution in [0.15, 0.2) is 53.3 Å². The molecule has 0 radical (unpaired) electrons. The summed E-state index contributed by atoms with van der Waals surface area (Å²) in [5, 5.41) is 0. The van der Waals surface area contributed by atoms with Gasteiger partial charge in [0, 0.05) is 17.8 Å². The van der Waals surface area contributed by atoms with E-state index in [9.17, 15) is 9.59 Å². The van der Waals surface area contributed by atoms with Crippen molar-refractivity contribution in [1.82, 2.24) is 9.38 Å². The summed E-state index contributed by atoms with van der Waals surface area (Å²) in [6.45, 7) is 1.95. The molecule has 27 heavy (non-hydrogen) atoms. The van der Waals surface area contributed by atoms with E-state index in [1.807, 2.05) is 25.1 Å². The van der Waals surface area contributed by atoms with Crippen molar-refractivity contribution < 1.29 is 19.0 Å². The summed E-state index contributed by atoms with van der Waals surface area (Å²) in [5.41, 5.74) is 2.29. The van der Waals surface area contributed by atoms with Gasteiger partial charge in [0.1, 0.15) is 12.3 Å². The number of carbonyl (C=O) groups excluding carboxylic acids is 1. The van der Waals surface area contributed by atoms with Gasteiger partial charge in [0.15, 0.2) is 11.5 Å². The molecule has 3 aromatic rings. The number of nitrogens with zero attached hydrogens (tertiary/aromatic N) is 2. The molecule has 0 amide bonds. The lowest BCUT2D eigenvalue weighted by Crippen LogP contribution is -2.18. The van der Waals surface area contributed by atoms with Gasteiger partial charge in [-0.2, -0.15) is 0 Å². The largest absolute Gasteiger partial charge is 0.456 e. The lowest BCUT2D eigenvalue weighted by Gasteiger charge is -2.06. The van der Waals surface area contributed by atoms with Gasteiger partial charge < -0.3 is 14.2 Å². The lowest BCUT2D eigenvalue weighted by molar-refractivity contribution is -0.139. The van der Waals surface area contributed by atoms with Crippen LogP contribution in [0.4, 0.5) is 0 Å². The zero-order valence-corrected chi connectivity index (χ0v) is 14.5. The highest BCUT2D eigenvalue weighted by Gasteiger charge is 2.12. The zero-order chi connectivity index (χ0) is 18.8. The molecule has 0 unspecified atom stereocenters. The molecule has 0 spiro atoms. The smallest absolute Gasteiger partial charge is 0.331 e. The number of hydrogen-bond acceptors (Lipinski definition) is 6. The minimum absolute atomic E-state index is 0.0794. The molecule has 2 aromatic heterocycles. The minimum Gasteiger partial charge on any atom is -0.456 e. The molecule has 0 saturated heterocycles. The van der Waals surface area contributed by atoms with Crippen LogP contribution in [-0.4, -0.2) is 22.1 Å². The van der Waals surface area contributed by atoms with Crippen LogP contribution in [0.2, 0.25) is 0 Å². The molecule has 0 saturated carbocycles. The van der Waals surface area contributed by atoms with Crippen LogP contribution in [0, 0.1) is 6.92 Å². The molecule has 0 aliphatic carbocycles. The van der Waals surface area contributed by atoms with Gasteiger partial charge in [0.25, 0.3) is 5.56 Å². The van der Waals surface area contributed by atoms with Crippen molar-refractivity contribution in [3.05, 3.63) is 75.8 Å². The van der Waals surface area contributed by atoms with Crippen LogP contribution in [0.25, 0.3) is 11.7 Å². The summed E-state index contributed by atoms with van der Waals surface area (Å²) < 4.78 is 17.2. The Morgan fingerprint density at radius 3 is 2.96 bits per heavy atom. The Hall–Kier alpha value is -3.61. The molecule has 1 aliphatic heterocycles. The highest BCUT2D eigenvalue weighted by atomic mass is 16.7. The van der Waals surface area contributed by atoms with E-state index in [2.05, 4.69) is 4.98 Å². The lowest BCUT2D eigenvalue weighted by atomic mass is 10.2. The van der Waals surface area contributed by atoms with Gasteiger partial charge in [-0.3, -0.25) is 9.20 Å². The summed E-state index contributed by atoms with van der Waals surface area (Å²) in [6.07, 6.45) is 2.94. The Morgan fingerprint density at radius 1 is 1.22 bits per heavy atom. The third-order valence-electron chi connectivity index (χ3n) is 4.10. The van der Waals surface area contributed by atoms with Crippen LogP contribution in [0.1, 0.15) is 17.0 Å². The summed E-state index contributed by atoms with van der Waals surface area (Å²) in [6, 6.07) is 12.1. The average Bonchev–Trinajstić information content (AvgIpc) is 3.12. The van der Waals surface area contributed by atoms with Crippen molar-refractivity contribution in [1.29, 1.82) is 0 Å². The number of esters is 1. The van der Waals surface area contributed by atoms with Crippen LogP contribution >= 0.6 is 0 Å². The molecular formula is C20H16N2O5. The molecule has 136 valence electrons. The van der Waals surface area contributed by atoms with E-state index in [4.69, 9.17) is 14.2 Å². The van der Waals surface area contributed by atoms with Gasteiger partial charge >= 0.3 is 5.97 Å². The van der Waals surface area contributed by atoms with Gasteiger partial charge in [0.2, 0.25) is 6.79 Å². The number of carbonyl (C=O) groups is 1. The molecule has 4 rings (SSSR count). The van der Waals surface area contributed by atoms with E-state index in [1.165, 1.54) is 16.5 Å². The quantitative estimate of drug-likeness (QED) is 0.523. The third-order valence-corrected chi connectivity index (χ3v) is 4.10. The van der Waals surface area contributed by atoms with Crippen LogP contribution in [0.5, 0.6) is 11.5 Å². The highest BCUT2D eigenvalue weighted by molar-refractivity contribution is 5.87. The normalized spacial score (nSPS) is 12.6. The number of hydrogen-bond donors (Lipinski definition) is 0. The van der Waals surface area contributed by atoms with Crippen molar-refractivity contribution in [2.24, 2.45) is 0 Å². The first-order chi connectivity index (χ1) is 13.1. The Bertz CT molecular complexity index is 1120. The van der Waals surface area contributed by atoms with Crippen LogP contribution in [0.3, 0.4) is 0 Å². The monoisotopic (exact) mass is 364 g/mol. The number of ether oxygens (including phenoxy) is 3. The molecule has 7 nitrogen and oxygen atoms in total. The van der Waals surface area contributed by atoms with Crippen molar-refractivity contribution >= 4 is 17.7 Å². The van der Waals surface area contributed by atoms with E-state index in [-0.39, 0.29) is 19.0 Å². The number of rotatable bonds is 4. The maximum Gasteiger partial charge on any atom is 0.331 e. The summed E-state index contributed by atoms with van der Waals surface area (Å²) >= 11 is 0. The van der Waals surface area contributed by atoms with Crippen molar-refractivity contribution in [2.45, 2.75) is 13.5 Å². The molecule has 3 heterocycles. The fourth-order valence-corrected chi connectivity index (χ4v) is 2.81. The summed E-state index contributed by atoms with van der Waals surface area (Å²) in [5.74, 6) is 0.791. The Kier molecular flexibility index (Phi) is 4.33. The molecule has 0 atom stereocenters. The fourth-order valence-electron chi connectivity index (χ4n) is 2.81. The van der Waals surface area contributed by atoms with Crippen LogP contribution < -0.4 is 15.0 Å². The van der Waals surface area contributed by atoms with Crippen molar-refractivity contribution in [3.8, 4) is 11.5 Å². The summed E-state index contributed by atoms with van der Waals surface area (Å²) in [4.78, 5) is 28.5. The van der Waals surface area contributed by atoms with Crippen LogP contribution in [-0.2, 0) is 16.1 Å². The van der Waals surface area contributed by atoms with E-state index in [0.717, 1.165) is 11.3 Å². The second kappa shape index (κ2) is 6.95. The average molecular weight is 364 g/mol. The number of fused-ring (bicyclic) bond motifs is 2. The maximum atomic E-state index is 12.2. The molecule has 7 heteroatoms. The maximum absolute atomic E-state index is 12.2. The standard InChI is InChI=1S/C20H16N2O5/c1-13-3-2-4-18-21-15(10-19(23)22(13)18)11-25-20(24)8-6-14-5-7-16-17(9-14)27-12-26-16/h2-10H,11-12H2,1H3/b8-6+. The molecule has 0 bridgehead atoms. The molecular weight excluding hydrogens is 348 g/mol. The van der Waals surface area contributed by atoms with E-state index in [1.54, 1.807) is 24.3 Å². The second-order valence-corrected chi connectivity index (χ2v) is 6.00. The van der Waals surface area contributed by atoms with Gasteiger partial charge in [0.05, 0.1) is 5.69 Å². The van der Waals surface area contributed by atoms with Gasteiger partial charge in [-0.25, -0.2) is 9.78 Å². The minimum atomic E-state index is -0.529. The Morgan fingerprint density at radius 2 is 2.07 bits per heavy atom. The fraction of sp³-hybridized carbons (Fsp3) is 0.150. The topological polar surface area (TPSA) is 79.1 Å². The van der Waals surface area contributed by atoms with Crippen molar-refractivity contribution in [2.75, 3.05) is 6.79 Å². The SMILES string of the molecule is Cc1cccc2nc(COC(=O)/C=C/c3ccc4c(c3)OCO4)cc(=O)n12. The zero-order valence-electron chi connectivity index (χ0n) is 14.5. The van der Waals surface area contributed by atoms with Gasteiger partial charge in [-0.05, 0) is 42.8 Å². The van der Waals surface area contributed by atoms with Crippen molar-refractivity contribution in [3.63, 3.8) is 0 Å². The highest BCUT2D eigenvalue weighted by Crippen LogP contribution is 2.32. The number of benzene rings is 1. The number of pyridine rings is 1. The molecule has 0 fully saturated rings. The predicted octanol–water partition coefficient (Wildman–Crippen LogP) is 2.49. The second-order valence-electron chi connectivity index (χ2n) is 6.00. The Balaban J connectivity index is 1.43. The Labute approximate surface area is 154 Å². The first-order valence-electron chi connectivity index (χ1n) is 8.33. The van der Waals surface area contributed by atoms with E-state index in [0.29, 0.717) is 22.8 Å². The molecule has 1 aliphatic rings. The third kappa shape index (κ3) is 3.52. The number of aromatic nitrogens is 2. The van der Waals surface area contributed by atoms with Gasteiger partial charge in [-0.15, -0.1) is 0 Å². The first-order valence-corrected chi connectivity index (χ1v) is 8.33. The number of aryl methyl sites for hydroxylation is 1. The summed E-state index contributed by atoms with van der Waals surface area (Å²) in [7, 11) is 0. The predicted molar refractivity (Wildman–Crippen MR) is 97.6 cm³/mol. The van der Waals surface area contributed by atoms with Gasteiger partial charge in [-0.1, -0.05) is 12.1 Å². The van der Waals surface area contributed by atoms with E-state index >= 15 is 0 Å².